The first-order valence-electron chi connectivity index (χ1n) is 7.60. The van der Waals surface area contributed by atoms with Crippen molar-refractivity contribution < 1.29 is 18.8 Å². The molecule has 7 nitrogen and oxygen atoms in total. The van der Waals surface area contributed by atoms with Gasteiger partial charge in [-0.1, -0.05) is 23.4 Å². The number of hydrogen-bond donors (Lipinski definition) is 1. The molecule has 0 unspecified atom stereocenters. The van der Waals surface area contributed by atoms with E-state index in [-0.39, 0.29) is 6.61 Å². The minimum atomic E-state index is 0.0396. The van der Waals surface area contributed by atoms with Crippen LogP contribution in [0, 0.1) is 0 Å². The second-order valence-corrected chi connectivity index (χ2v) is 5.27. The highest BCUT2D eigenvalue weighted by molar-refractivity contribution is 5.51. The Morgan fingerprint density at radius 1 is 1.21 bits per heavy atom. The lowest BCUT2D eigenvalue weighted by molar-refractivity contribution is 0.166. The second kappa shape index (κ2) is 7.76. The molecule has 0 fully saturated rings. The van der Waals surface area contributed by atoms with Gasteiger partial charge in [0.1, 0.15) is 12.0 Å². The van der Waals surface area contributed by atoms with Gasteiger partial charge < -0.3 is 18.8 Å². The monoisotopic (exact) mass is 329 g/mol. The summed E-state index contributed by atoms with van der Waals surface area (Å²) in [5, 5.41) is 13.3. The Hall–Kier alpha value is -2.64. The van der Waals surface area contributed by atoms with Crippen molar-refractivity contribution in [1.29, 1.82) is 0 Å². The van der Waals surface area contributed by atoms with E-state index in [1.165, 1.54) is 0 Å². The van der Waals surface area contributed by atoms with Crippen LogP contribution in [-0.4, -0.2) is 40.4 Å². The Kier molecular flexibility index (Phi) is 5.25. The van der Waals surface area contributed by atoms with Gasteiger partial charge in [-0.05, 0) is 12.1 Å². The van der Waals surface area contributed by atoms with Gasteiger partial charge in [-0.25, -0.2) is 0 Å². The Bertz CT molecular complexity index is 755. The normalized spacial score (nSPS) is 11.1. The number of furan rings is 1. The maximum atomic E-state index is 9.32. The van der Waals surface area contributed by atoms with E-state index >= 15 is 0 Å². The molecule has 126 valence electrons. The molecule has 0 saturated carbocycles. The molecule has 7 heteroatoms. The van der Waals surface area contributed by atoms with Gasteiger partial charge in [-0.2, -0.15) is 4.98 Å². The van der Waals surface area contributed by atoms with Crippen molar-refractivity contribution in [2.45, 2.75) is 13.1 Å². The Morgan fingerprint density at radius 3 is 2.83 bits per heavy atom. The summed E-state index contributed by atoms with van der Waals surface area (Å²) in [5.74, 6) is 1.78. The molecule has 0 atom stereocenters. The summed E-state index contributed by atoms with van der Waals surface area (Å²) in [6, 6.07) is 9.56. The minimum absolute atomic E-state index is 0.0396. The maximum Gasteiger partial charge on any atom is 0.241 e. The molecular weight excluding hydrogens is 310 g/mol. The van der Waals surface area contributed by atoms with Gasteiger partial charge in [0.2, 0.25) is 11.7 Å². The fourth-order valence-electron chi connectivity index (χ4n) is 2.45. The summed E-state index contributed by atoms with van der Waals surface area (Å²) in [6.07, 6.45) is 3.13. The van der Waals surface area contributed by atoms with Crippen molar-refractivity contribution in [3.05, 3.63) is 54.3 Å². The zero-order chi connectivity index (χ0) is 16.8. The summed E-state index contributed by atoms with van der Waals surface area (Å²) in [5.41, 5.74) is 1.80. The molecule has 0 aliphatic rings. The van der Waals surface area contributed by atoms with Gasteiger partial charge in [0.15, 0.2) is 0 Å². The van der Waals surface area contributed by atoms with E-state index in [0.717, 1.165) is 16.9 Å². The standard InChI is InChI=1S/C17H19N3O4/c1-22-15-5-3-2-4-13(15)10-20(7-8-21)11-16-18-17(19-24-16)14-6-9-23-12-14/h2-6,9,12,21H,7-8,10-11H2,1H3. The van der Waals surface area contributed by atoms with Gasteiger partial charge in [0.05, 0.1) is 32.1 Å². The molecule has 0 radical (unpaired) electrons. The van der Waals surface area contributed by atoms with E-state index in [1.807, 2.05) is 29.2 Å². The molecule has 2 aromatic heterocycles. The lowest BCUT2D eigenvalue weighted by atomic mass is 10.2. The van der Waals surface area contributed by atoms with Crippen LogP contribution in [0.1, 0.15) is 11.5 Å². The summed E-state index contributed by atoms with van der Waals surface area (Å²) in [4.78, 5) is 6.39. The van der Waals surface area contributed by atoms with Gasteiger partial charge in [0.25, 0.3) is 0 Å². The topological polar surface area (TPSA) is 84.8 Å². The van der Waals surface area contributed by atoms with Gasteiger partial charge >= 0.3 is 0 Å². The molecule has 2 heterocycles. The van der Waals surface area contributed by atoms with Crippen LogP contribution in [0.25, 0.3) is 11.4 Å². The number of ether oxygens (including phenoxy) is 1. The molecule has 1 N–H and O–H groups in total. The lowest BCUT2D eigenvalue weighted by Gasteiger charge is -2.20. The number of methoxy groups -OCH3 is 1. The minimum Gasteiger partial charge on any atom is -0.496 e. The number of aliphatic hydroxyl groups excluding tert-OH is 1. The molecule has 0 amide bonds. The van der Waals surface area contributed by atoms with Crippen LogP contribution in [0.15, 0.2) is 51.8 Å². The Morgan fingerprint density at radius 2 is 2.08 bits per heavy atom. The highest BCUT2D eigenvalue weighted by atomic mass is 16.5. The van der Waals surface area contributed by atoms with Crippen molar-refractivity contribution >= 4 is 0 Å². The van der Waals surface area contributed by atoms with Crippen LogP contribution in [-0.2, 0) is 13.1 Å². The lowest BCUT2D eigenvalue weighted by Crippen LogP contribution is -2.26. The number of benzene rings is 1. The zero-order valence-corrected chi connectivity index (χ0v) is 13.4. The van der Waals surface area contributed by atoms with E-state index in [2.05, 4.69) is 10.1 Å². The largest absolute Gasteiger partial charge is 0.496 e. The van der Waals surface area contributed by atoms with E-state index in [9.17, 15) is 5.11 Å². The zero-order valence-electron chi connectivity index (χ0n) is 13.4. The maximum absolute atomic E-state index is 9.32. The molecule has 0 spiro atoms. The molecule has 24 heavy (non-hydrogen) atoms. The van der Waals surface area contributed by atoms with Crippen LogP contribution in [0.3, 0.4) is 0 Å². The third-order valence-corrected chi connectivity index (χ3v) is 3.61. The van der Waals surface area contributed by atoms with Gasteiger partial charge in [-0.15, -0.1) is 0 Å². The number of aliphatic hydroxyl groups is 1. The Balaban J connectivity index is 1.72. The molecular formula is C17H19N3O4. The van der Waals surface area contributed by atoms with E-state index in [4.69, 9.17) is 13.7 Å². The number of aromatic nitrogens is 2. The van der Waals surface area contributed by atoms with Crippen LogP contribution < -0.4 is 4.74 Å². The fourth-order valence-corrected chi connectivity index (χ4v) is 2.45. The average Bonchev–Trinajstić information content (AvgIpc) is 3.26. The predicted molar refractivity (Wildman–Crippen MR) is 86.2 cm³/mol. The molecule has 0 bridgehead atoms. The van der Waals surface area contributed by atoms with Crippen LogP contribution in [0.2, 0.25) is 0 Å². The quantitative estimate of drug-likeness (QED) is 0.679. The fraction of sp³-hybridized carbons (Fsp3) is 0.294. The summed E-state index contributed by atoms with van der Waals surface area (Å²) in [6.45, 7) is 1.57. The molecule has 3 rings (SSSR count). The number of rotatable bonds is 8. The van der Waals surface area contributed by atoms with Crippen molar-refractivity contribution in [1.82, 2.24) is 15.0 Å². The summed E-state index contributed by atoms with van der Waals surface area (Å²) >= 11 is 0. The van der Waals surface area contributed by atoms with Crippen molar-refractivity contribution in [2.75, 3.05) is 20.3 Å². The van der Waals surface area contributed by atoms with Gasteiger partial charge in [-0.3, -0.25) is 4.90 Å². The van der Waals surface area contributed by atoms with Crippen molar-refractivity contribution in [3.8, 4) is 17.1 Å². The molecule has 1 aromatic carbocycles. The first kappa shape index (κ1) is 16.2. The highest BCUT2D eigenvalue weighted by Crippen LogP contribution is 2.21. The number of nitrogens with zero attached hydrogens (tertiary/aromatic N) is 3. The summed E-state index contributed by atoms with van der Waals surface area (Å²) < 4.78 is 15.7. The first-order chi connectivity index (χ1) is 11.8. The Labute approximate surface area is 139 Å². The third kappa shape index (κ3) is 3.81. The third-order valence-electron chi connectivity index (χ3n) is 3.61. The molecule has 0 saturated heterocycles. The van der Waals surface area contributed by atoms with Crippen LogP contribution >= 0.6 is 0 Å². The van der Waals surface area contributed by atoms with E-state index in [0.29, 0.717) is 31.3 Å². The highest BCUT2D eigenvalue weighted by Gasteiger charge is 2.15. The van der Waals surface area contributed by atoms with Crippen LogP contribution in [0.4, 0.5) is 0 Å². The number of hydrogen-bond acceptors (Lipinski definition) is 7. The SMILES string of the molecule is COc1ccccc1CN(CCO)Cc1nc(-c2ccoc2)no1. The van der Waals surface area contributed by atoms with E-state index in [1.54, 1.807) is 25.7 Å². The smallest absolute Gasteiger partial charge is 0.241 e. The molecule has 3 aromatic rings. The number of para-hydroxylation sites is 1. The average molecular weight is 329 g/mol. The first-order valence-corrected chi connectivity index (χ1v) is 7.60. The summed E-state index contributed by atoms with van der Waals surface area (Å²) in [7, 11) is 1.64. The van der Waals surface area contributed by atoms with Crippen LogP contribution in [0.5, 0.6) is 5.75 Å². The van der Waals surface area contributed by atoms with Crippen molar-refractivity contribution in [3.63, 3.8) is 0 Å². The van der Waals surface area contributed by atoms with Crippen molar-refractivity contribution in [2.24, 2.45) is 0 Å². The predicted octanol–water partition coefficient (Wildman–Crippen LogP) is 2.33. The molecule has 0 aliphatic heterocycles. The van der Waals surface area contributed by atoms with E-state index < -0.39 is 0 Å². The second-order valence-electron chi connectivity index (χ2n) is 5.27. The molecule has 0 aliphatic carbocycles. The van der Waals surface area contributed by atoms with Gasteiger partial charge in [0, 0.05) is 18.7 Å².